The molecule has 3 aliphatic rings. The molecular formula is C24H28O4. The van der Waals surface area contributed by atoms with Crippen LogP contribution >= 0.6 is 0 Å². The lowest BCUT2D eigenvalue weighted by Gasteiger charge is -2.52. The van der Waals surface area contributed by atoms with Gasteiger partial charge in [0.15, 0.2) is 5.60 Å². The van der Waals surface area contributed by atoms with E-state index in [0.29, 0.717) is 23.5 Å². The number of hydrogen-bond donors (Lipinski definition) is 0. The van der Waals surface area contributed by atoms with Gasteiger partial charge in [0.25, 0.3) is 0 Å². The van der Waals surface area contributed by atoms with Crippen LogP contribution in [0.1, 0.15) is 69.9 Å². The Kier molecular flexibility index (Phi) is 4.53. The molecule has 0 heterocycles. The molecule has 4 heteroatoms. The van der Waals surface area contributed by atoms with Crippen molar-refractivity contribution in [1.29, 1.82) is 0 Å². The highest BCUT2D eigenvalue weighted by Gasteiger charge is 2.63. The molecule has 0 aromatic heterocycles. The SMILES string of the molecule is C#C[C@@]1(OC(C)=O)CCC2C3CCc4cc(OC(C)=O)ccc4C3CCC21C. The summed E-state index contributed by atoms with van der Waals surface area (Å²) in [6.45, 7) is 5.13. The van der Waals surface area contributed by atoms with Gasteiger partial charge in [-0.3, -0.25) is 9.59 Å². The van der Waals surface area contributed by atoms with Gasteiger partial charge in [-0.15, -0.1) is 6.42 Å². The largest absolute Gasteiger partial charge is 0.445 e. The summed E-state index contributed by atoms with van der Waals surface area (Å²) in [7, 11) is 0. The van der Waals surface area contributed by atoms with Crippen molar-refractivity contribution in [1.82, 2.24) is 0 Å². The van der Waals surface area contributed by atoms with Crippen LogP contribution in [0.5, 0.6) is 5.75 Å². The second kappa shape index (κ2) is 6.65. The van der Waals surface area contributed by atoms with Gasteiger partial charge in [-0.05, 0) is 79.5 Å². The number of hydrogen-bond acceptors (Lipinski definition) is 4. The van der Waals surface area contributed by atoms with E-state index in [2.05, 4.69) is 18.9 Å². The molecule has 0 radical (unpaired) electrons. The third-order valence-corrected chi connectivity index (χ3v) is 7.63. The first-order valence-corrected chi connectivity index (χ1v) is 10.3. The maximum atomic E-state index is 11.8. The van der Waals surface area contributed by atoms with Gasteiger partial charge in [0.2, 0.25) is 0 Å². The number of aryl methyl sites for hydroxylation is 1. The van der Waals surface area contributed by atoms with Gasteiger partial charge in [0.1, 0.15) is 5.75 Å². The van der Waals surface area contributed by atoms with Crippen molar-refractivity contribution >= 4 is 11.9 Å². The highest BCUT2D eigenvalue weighted by atomic mass is 16.6. The summed E-state index contributed by atoms with van der Waals surface area (Å²) in [5, 5.41) is 0. The lowest BCUT2D eigenvalue weighted by Crippen LogP contribution is -2.52. The van der Waals surface area contributed by atoms with Crippen molar-refractivity contribution < 1.29 is 19.1 Å². The fourth-order valence-corrected chi connectivity index (χ4v) is 6.47. The van der Waals surface area contributed by atoms with Crippen LogP contribution in [-0.2, 0) is 20.7 Å². The summed E-state index contributed by atoms with van der Waals surface area (Å²) in [5.41, 5.74) is 1.75. The second-order valence-electron chi connectivity index (χ2n) is 8.93. The zero-order valence-electron chi connectivity index (χ0n) is 16.9. The number of carbonyl (C=O) groups is 2. The zero-order valence-corrected chi connectivity index (χ0v) is 16.9. The van der Waals surface area contributed by atoms with E-state index in [1.54, 1.807) is 0 Å². The number of terminal acetylenes is 1. The Morgan fingerprint density at radius 1 is 1.14 bits per heavy atom. The van der Waals surface area contributed by atoms with Crippen LogP contribution in [0.4, 0.5) is 0 Å². The van der Waals surface area contributed by atoms with E-state index in [-0.39, 0.29) is 17.4 Å². The van der Waals surface area contributed by atoms with Crippen molar-refractivity contribution in [3.63, 3.8) is 0 Å². The molecule has 2 fully saturated rings. The Balaban J connectivity index is 1.64. The minimum atomic E-state index is -0.770. The summed E-state index contributed by atoms with van der Waals surface area (Å²) >= 11 is 0. The molecule has 1 aromatic carbocycles. The average Bonchev–Trinajstić information content (AvgIpc) is 2.93. The predicted molar refractivity (Wildman–Crippen MR) is 106 cm³/mol. The molecule has 148 valence electrons. The third-order valence-electron chi connectivity index (χ3n) is 7.63. The lowest BCUT2D eigenvalue weighted by molar-refractivity contribution is -0.165. The normalized spacial score (nSPS) is 35.7. The molecule has 4 nitrogen and oxygen atoms in total. The molecule has 2 saturated carbocycles. The Morgan fingerprint density at radius 2 is 1.93 bits per heavy atom. The molecule has 4 rings (SSSR count). The first-order chi connectivity index (χ1) is 13.3. The van der Waals surface area contributed by atoms with Gasteiger partial charge in [0, 0.05) is 19.3 Å². The minimum absolute atomic E-state index is 0.163. The van der Waals surface area contributed by atoms with E-state index in [4.69, 9.17) is 15.9 Å². The highest BCUT2D eigenvalue weighted by molar-refractivity contribution is 5.69. The van der Waals surface area contributed by atoms with Crippen molar-refractivity contribution in [2.24, 2.45) is 17.3 Å². The van der Waals surface area contributed by atoms with Gasteiger partial charge < -0.3 is 9.47 Å². The molecule has 0 spiro atoms. The number of esters is 2. The van der Waals surface area contributed by atoms with E-state index in [9.17, 15) is 9.59 Å². The van der Waals surface area contributed by atoms with Crippen molar-refractivity contribution in [2.45, 2.75) is 70.8 Å². The minimum Gasteiger partial charge on any atom is -0.445 e. The summed E-state index contributed by atoms with van der Waals surface area (Å²) in [4.78, 5) is 23.0. The smallest absolute Gasteiger partial charge is 0.308 e. The number of fused-ring (bicyclic) bond motifs is 5. The maximum absolute atomic E-state index is 11.8. The van der Waals surface area contributed by atoms with Crippen LogP contribution in [0.25, 0.3) is 0 Å². The highest BCUT2D eigenvalue weighted by Crippen LogP contribution is 2.65. The molecule has 0 N–H and O–H groups in total. The second-order valence-corrected chi connectivity index (χ2v) is 8.93. The molecule has 4 unspecified atom stereocenters. The molecule has 0 aliphatic heterocycles. The van der Waals surface area contributed by atoms with Crippen LogP contribution in [0.2, 0.25) is 0 Å². The van der Waals surface area contributed by atoms with Crippen molar-refractivity contribution in [3.8, 4) is 18.1 Å². The number of carbonyl (C=O) groups excluding carboxylic acids is 2. The van der Waals surface area contributed by atoms with Gasteiger partial charge in [-0.1, -0.05) is 18.9 Å². The molecule has 3 aliphatic carbocycles. The van der Waals surface area contributed by atoms with E-state index < -0.39 is 5.60 Å². The maximum Gasteiger partial charge on any atom is 0.308 e. The number of rotatable bonds is 2. The van der Waals surface area contributed by atoms with E-state index >= 15 is 0 Å². The number of benzene rings is 1. The van der Waals surface area contributed by atoms with E-state index in [0.717, 1.165) is 38.5 Å². The van der Waals surface area contributed by atoms with Gasteiger partial charge in [-0.25, -0.2) is 0 Å². The Labute approximate surface area is 167 Å². The number of ether oxygens (including phenoxy) is 2. The standard InChI is InChI=1S/C24H28O4/c1-5-24(28-16(3)26)13-11-22-21-8-6-17-14-18(27-15(2)25)7-9-19(17)20(21)10-12-23(22,24)4/h1,7,9,14,20-22H,6,8,10-13H2,2-4H3/t20?,21?,22?,23?,24-/m1/s1. The topological polar surface area (TPSA) is 52.6 Å². The fourth-order valence-electron chi connectivity index (χ4n) is 6.47. The third kappa shape index (κ3) is 2.75. The monoisotopic (exact) mass is 380 g/mol. The van der Waals surface area contributed by atoms with Crippen LogP contribution in [0.3, 0.4) is 0 Å². The van der Waals surface area contributed by atoms with Gasteiger partial charge >= 0.3 is 11.9 Å². The van der Waals surface area contributed by atoms with Crippen molar-refractivity contribution in [2.75, 3.05) is 0 Å². The first kappa shape index (κ1) is 19.1. The Morgan fingerprint density at radius 3 is 2.61 bits per heavy atom. The molecule has 0 amide bonds. The molecular weight excluding hydrogens is 352 g/mol. The van der Waals surface area contributed by atoms with E-state index in [1.807, 2.05) is 12.1 Å². The summed E-state index contributed by atoms with van der Waals surface area (Å²) in [6.07, 6.45) is 11.8. The van der Waals surface area contributed by atoms with Gasteiger partial charge in [-0.2, -0.15) is 0 Å². The van der Waals surface area contributed by atoms with Crippen LogP contribution in [0, 0.1) is 29.6 Å². The molecule has 28 heavy (non-hydrogen) atoms. The summed E-state index contributed by atoms with van der Waals surface area (Å²) in [5.74, 6) is 4.47. The van der Waals surface area contributed by atoms with Crippen LogP contribution in [0.15, 0.2) is 18.2 Å². The van der Waals surface area contributed by atoms with Gasteiger partial charge in [0.05, 0.1) is 0 Å². The van der Waals surface area contributed by atoms with Crippen LogP contribution < -0.4 is 4.74 Å². The fraction of sp³-hybridized carbons (Fsp3) is 0.583. The summed E-state index contributed by atoms with van der Waals surface area (Å²) in [6, 6.07) is 6.08. The average molecular weight is 380 g/mol. The van der Waals surface area contributed by atoms with E-state index in [1.165, 1.54) is 25.0 Å². The molecule has 0 saturated heterocycles. The zero-order chi connectivity index (χ0) is 20.1. The quantitative estimate of drug-likeness (QED) is 0.433. The molecule has 1 aromatic rings. The first-order valence-electron chi connectivity index (χ1n) is 10.3. The molecule has 0 bridgehead atoms. The van der Waals surface area contributed by atoms with Crippen LogP contribution in [-0.4, -0.2) is 17.5 Å². The Bertz CT molecular complexity index is 866. The lowest BCUT2D eigenvalue weighted by atomic mass is 9.53. The Hall–Kier alpha value is -2.28. The van der Waals surface area contributed by atoms with Crippen molar-refractivity contribution in [3.05, 3.63) is 29.3 Å². The predicted octanol–water partition coefficient (Wildman–Crippen LogP) is 4.40. The summed E-state index contributed by atoms with van der Waals surface area (Å²) < 4.78 is 11.1. The molecule has 5 atom stereocenters.